The zero-order chi connectivity index (χ0) is 20.9. The number of anilines is 1. The van der Waals surface area contributed by atoms with Gasteiger partial charge >= 0.3 is 5.97 Å². The molecule has 0 spiro atoms. The van der Waals surface area contributed by atoms with E-state index >= 15 is 0 Å². The summed E-state index contributed by atoms with van der Waals surface area (Å²) in [5.41, 5.74) is 5.67. The van der Waals surface area contributed by atoms with E-state index in [1.165, 1.54) is 0 Å². The van der Waals surface area contributed by atoms with Gasteiger partial charge in [-0.2, -0.15) is 0 Å². The SMILES string of the molecule is CCCN(Cc1ccc(-c2ccccc2-c2nnn[nH]2)cc1)c1ncsc1C(=O)O. The quantitative estimate of drug-likeness (QED) is 0.442. The Bertz CT molecular complexity index is 1120. The molecule has 30 heavy (non-hydrogen) atoms. The molecule has 2 aromatic heterocycles. The van der Waals surface area contributed by atoms with Gasteiger partial charge in [0.1, 0.15) is 0 Å². The summed E-state index contributed by atoms with van der Waals surface area (Å²) in [6.45, 7) is 3.39. The highest BCUT2D eigenvalue weighted by Crippen LogP contribution is 2.30. The van der Waals surface area contributed by atoms with Gasteiger partial charge in [0, 0.05) is 18.7 Å². The number of aromatic nitrogens is 5. The maximum Gasteiger partial charge on any atom is 0.349 e. The summed E-state index contributed by atoms with van der Waals surface area (Å²) in [7, 11) is 0. The van der Waals surface area contributed by atoms with Crippen LogP contribution in [0.25, 0.3) is 22.5 Å². The standard InChI is InChI=1S/C21H20N6O2S/c1-2-11-27(20-18(21(28)29)30-13-22-20)12-14-7-9-15(10-8-14)16-5-3-4-6-17(16)19-23-25-26-24-19/h3-10,13H,2,11-12H2,1H3,(H,28,29)(H,23,24,25,26). The topological polar surface area (TPSA) is 108 Å². The van der Waals surface area contributed by atoms with E-state index in [1.807, 2.05) is 29.2 Å². The minimum absolute atomic E-state index is 0.273. The molecule has 2 aromatic carbocycles. The lowest BCUT2D eigenvalue weighted by Crippen LogP contribution is -2.25. The summed E-state index contributed by atoms with van der Waals surface area (Å²) >= 11 is 1.15. The van der Waals surface area contributed by atoms with Crippen molar-refractivity contribution in [1.82, 2.24) is 25.6 Å². The molecular weight excluding hydrogens is 400 g/mol. The van der Waals surface area contributed by atoms with E-state index in [4.69, 9.17) is 0 Å². The van der Waals surface area contributed by atoms with E-state index < -0.39 is 5.97 Å². The second-order valence-electron chi connectivity index (χ2n) is 6.72. The highest BCUT2D eigenvalue weighted by Gasteiger charge is 2.19. The summed E-state index contributed by atoms with van der Waals surface area (Å²) < 4.78 is 0. The summed E-state index contributed by atoms with van der Waals surface area (Å²) in [5.74, 6) is 0.206. The molecule has 8 nitrogen and oxygen atoms in total. The van der Waals surface area contributed by atoms with Crippen molar-refractivity contribution in [3.63, 3.8) is 0 Å². The van der Waals surface area contributed by atoms with E-state index in [0.717, 1.165) is 46.6 Å². The van der Waals surface area contributed by atoms with Gasteiger partial charge in [0.2, 0.25) is 0 Å². The molecule has 152 valence electrons. The van der Waals surface area contributed by atoms with Crippen molar-refractivity contribution in [1.29, 1.82) is 0 Å². The van der Waals surface area contributed by atoms with Crippen molar-refractivity contribution in [2.45, 2.75) is 19.9 Å². The monoisotopic (exact) mass is 420 g/mol. The predicted octanol–water partition coefficient (Wildman–Crippen LogP) is 4.11. The average molecular weight is 420 g/mol. The largest absolute Gasteiger partial charge is 0.477 e. The van der Waals surface area contributed by atoms with Crippen LogP contribution < -0.4 is 4.90 Å². The zero-order valence-electron chi connectivity index (χ0n) is 16.3. The second kappa shape index (κ2) is 8.83. The molecule has 0 aliphatic heterocycles. The van der Waals surface area contributed by atoms with Crippen LogP contribution in [0.2, 0.25) is 0 Å². The van der Waals surface area contributed by atoms with Gasteiger partial charge in [0.25, 0.3) is 0 Å². The summed E-state index contributed by atoms with van der Waals surface area (Å²) in [6, 6.07) is 16.2. The molecule has 0 saturated heterocycles. The summed E-state index contributed by atoms with van der Waals surface area (Å²) in [4.78, 5) is 18.1. The molecule has 4 rings (SSSR count). The van der Waals surface area contributed by atoms with Gasteiger partial charge in [0.15, 0.2) is 16.5 Å². The van der Waals surface area contributed by atoms with Gasteiger partial charge in [-0.05, 0) is 33.5 Å². The highest BCUT2D eigenvalue weighted by molar-refractivity contribution is 7.12. The van der Waals surface area contributed by atoms with E-state index in [1.54, 1.807) is 5.51 Å². The van der Waals surface area contributed by atoms with Crippen LogP contribution in [0.5, 0.6) is 0 Å². The van der Waals surface area contributed by atoms with Gasteiger partial charge in [-0.1, -0.05) is 55.5 Å². The van der Waals surface area contributed by atoms with Crippen molar-refractivity contribution < 1.29 is 9.90 Å². The van der Waals surface area contributed by atoms with Crippen LogP contribution in [0.3, 0.4) is 0 Å². The number of benzene rings is 2. The smallest absolute Gasteiger partial charge is 0.349 e. The highest BCUT2D eigenvalue weighted by atomic mass is 32.1. The molecule has 0 fully saturated rings. The van der Waals surface area contributed by atoms with E-state index in [2.05, 4.69) is 56.8 Å². The van der Waals surface area contributed by atoms with Crippen LogP contribution in [-0.2, 0) is 6.54 Å². The van der Waals surface area contributed by atoms with Gasteiger partial charge in [-0.15, -0.1) is 16.4 Å². The lowest BCUT2D eigenvalue weighted by Gasteiger charge is -2.23. The Kier molecular flexibility index (Phi) is 5.80. The number of nitrogens with one attached hydrogen (secondary N) is 1. The number of aromatic carboxylic acids is 1. The van der Waals surface area contributed by atoms with Crippen LogP contribution in [0, 0.1) is 0 Å². The second-order valence-corrected chi connectivity index (χ2v) is 7.58. The Labute approximate surface area is 177 Å². The Balaban J connectivity index is 1.60. The molecule has 9 heteroatoms. The molecule has 2 N–H and O–H groups in total. The third kappa shape index (κ3) is 4.06. The number of thiazole rings is 1. The average Bonchev–Trinajstić information content (AvgIpc) is 3.46. The molecule has 0 unspecified atom stereocenters. The lowest BCUT2D eigenvalue weighted by atomic mass is 9.98. The number of hydrogen-bond donors (Lipinski definition) is 2. The summed E-state index contributed by atoms with van der Waals surface area (Å²) in [6.07, 6.45) is 0.896. The molecule has 0 atom stereocenters. The first-order chi connectivity index (χ1) is 14.7. The van der Waals surface area contributed by atoms with E-state index in [9.17, 15) is 9.90 Å². The number of carboxylic acids is 1. The Morgan fingerprint density at radius 1 is 1.13 bits per heavy atom. The van der Waals surface area contributed by atoms with Crippen molar-refractivity contribution in [2.24, 2.45) is 0 Å². The first-order valence-corrected chi connectivity index (χ1v) is 10.4. The normalized spacial score (nSPS) is 10.8. The molecule has 0 saturated carbocycles. The number of nitrogens with zero attached hydrogens (tertiary/aromatic N) is 5. The molecule has 0 bridgehead atoms. The number of carboxylic acid groups (broad SMARTS) is 1. The minimum atomic E-state index is -0.942. The van der Waals surface area contributed by atoms with Crippen LogP contribution in [0.4, 0.5) is 5.82 Å². The minimum Gasteiger partial charge on any atom is -0.477 e. The molecule has 0 aliphatic carbocycles. The fraction of sp³-hybridized carbons (Fsp3) is 0.190. The Morgan fingerprint density at radius 3 is 2.57 bits per heavy atom. The number of carbonyl (C=O) groups is 1. The van der Waals surface area contributed by atoms with Gasteiger partial charge in [-0.25, -0.2) is 14.9 Å². The third-order valence-electron chi connectivity index (χ3n) is 4.70. The van der Waals surface area contributed by atoms with Crippen LogP contribution in [0.15, 0.2) is 54.0 Å². The van der Waals surface area contributed by atoms with Crippen molar-refractivity contribution >= 4 is 23.1 Å². The Hall–Kier alpha value is -3.59. The maximum absolute atomic E-state index is 11.5. The van der Waals surface area contributed by atoms with E-state index in [0.29, 0.717) is 18.2 Å². The zero-order valence-corrected chi connectivity index (χ0v) is 17.1. The van der Waals surface area contributed by atoms with Gasteiger partial charge < -0.3 is 10.0 Å². The molecule has 0 aliphatic rings. The number of aromatic amines is 1. The Morgan fingerprint density at radius 2 is 1.90 bits per heavy atom. The number of tetrazole rings is 1. The lowest BCUT2D eigenvalue weighted by molar-refractivity contribution is 0.0702. The van der Waals surface area contributed by atoms with Gasteiger partial charge in [0.05, 0.1) is 5.51 Å². The number of rotatable bonds is 8. The summed E-state index contributed by atoms with van der Waals surface area (Å²) in [5, 5.41) is 23.6. The predicted molar refractivity (Wildman–Crippen MR) is 115 cm³/mol. The molecular formula is C21H20N6O2S. The first-order valence-electron chi connectivity index (χ1n) is 9.51. The number of H-pyrrole nitrogens is 1. The van der Waals surface area contributed by atoms with Crippen LogP contribution in [0.1, 0.15) is 28.6 Å². The van der Waals surface area contributed by atoms with Crippen molar-refractivity contribution in [3.8, 4) is 22.5 Å². The molecule has 0 amide bonds. The number of hydrogen-bond acceptors (Lipinski definition) is 7. The van der Waals surface area contributed by atoms with Crippen molar-refractivity contribution in [3.05, 3.63) is 64.5 Å². The maximum atomic E-state index is 11.5. The fourth-order valence-corrected chi connectivity index (χ4v) is 4.01. The van der Waals surface area contributed by atoms with Crippen LogP contribution >= 0.6 is 11.3 Å². The van der Waals surface area contributed by atoms with Crippen LogP contribution in [-0.4, -0.2) is 43.2 Å². The van der Waals surface area contributed by atoms with E-state index in [-0.39, 0.29) is 4.88 Å². The third-order valence-corrected chi connectivity index (χ3v) is 5.51. The molecule has 0 radical (unpaired) electrons. The van der Waals surface area contributed by atoms with Gasteiger partial charge in [-0.3, -0.25) is 0 Å². The van der Waals surface area contributed by atoms with Crippen molar-refractivity contribution in [2.75, 3.05) is 11.4 Å². The fourth-order valence-electron chi connectivity index (χ4n) is 3.37. The molecule has 2 heterocycles. The molecule has 4 aromatic rings. The first kappa shape index (κ1) is 19.7.